The molecule has 2 aliphatic rings. The average Bonchev–Trinajstić information content (AvgIpc) is 3.40. The summed E-state index contributed by atoms with van der Waals surface area (Å²) in [5.41, 5.74) is 2.00. The summed E-state index contributed by atoms with van der Waals surface area (Å²) in [5, 5.41) is 11.8. The number of thiazole rings is 1. The molecule has 2 atom stereocenters. The van der Waals surface area contributed by atoms with Crippen LogP contribution in [0.1, 0.15) is 31.7 Å². The predicted octanol–water partition coefficient (Wildman–Crippen LogP) is 2.99. The van der Waals surface area contributed by atoms with E-state index in [4.69, 9.17) is 4.74 Å². The van der Waals surface area contributed by atoms with Gasteiger partial charge < -0.3 is 20.3 Å². The van der Waals surface area contributed by atoms with Gasteiger partial charge in [0.05, 0.1) is 6.54 Å². The van der Waals surface area contributed by atoms with Crippen molar-refractivity contribution in [2.45, 2.75) is 45.3 Å². The number of rotatable bonds is 5. The van der Waals surface area contributed by atoms with Crippen molar-refractivity contribution in [1.29, 1.82) is 0 Å². The van der Waals surface area contributed by atoms with Crippen LogP contribution in [0.15, 0.2) is 23.6 Å². The minimum Gasteiger partial charge on any atom is -0.488 e. The number of anilines is 1. The Morgan fingerprint density at radius 2 is 2.19 bits per heavy atom. The van der Waals surface area contributed by atoms with Gasteiger partial charge in [-0.25, -0.2) is 9.78 Å². The molecule has 0 bridgehead atoms. The Kier molecular flexibility index (Phi) is 6.72. The third kappa shape index (κ3) is 5.54. The third-order valence-corrected chi connectivity index (χ3v) is 6.58. The molecule has 9 heteroatoms. The Bertz CT molecular complexity index is 941. The van der Waals surface area contributed by atoms with Crippen LogP contribution in [-0.2, 0) is 4.79 Å². The van der Waals surface area contributed by atoms with Crippen LogP contribution < -0.4 is 20.7 Å². The van der Waals surface area contributed by atoms with E-state index in [1.807, 2.05) is 35.4 Å². The van der Waals surface area contributed by atoms with Crippen LogP contribution >= 0.6 is 11.3 Å². The van der Waals surface area contributed by atoms with Crippen molar-refractivity contribution >= 4 is 29.1 Å². The molecular weight excluding hydrogens is 414 g/mol. The molecule has 2 fully saturated rings. The predicted molar refractivity (Wildman–Crippen MR) is 122 cm³/mol. The van der Waals surface area contributed by atoms with Gasteiger partial charge in [-0.05, 0) is 50.1 Å². The Morgan fingerprint density at radius 3 is 2.90 bits per heavy atom. The number of piperidine rings is 1. The first kappa shape index (κ1) is 21.6. The summed E-state index contributed by atoms with van der Waals surface area (Å²) in [6.45, 7) is 6.80. The molecule has 4 rings (SSSR count). The highest BCUT2D eigenvalue weighted by Crippen LogP contribution is 2.31. The topological polar surface area (TPSA) is 95.6 Å². The van der Waals surface area contributed by atoms with Crippen LogP contribution in [-0.4, -0.2) is 60.1 Å². The lowest BCUT2D eigenvalue weighted by molar-refractivity contribution is -0.128. The molecule has 166 valence electrons. The van der Waals surface area contributed by atoms with E-state index in [0.29, 0.717) is 12.4 Å². The van der Waals surface area contributed by atoms with Gasteiger partial charge in [-0.3, -0.25) is 10.1 Å². The zero-order chi connectivity index (χ0) is 21.8. The number of urea groups is 1. The fourth-order valence-corrected chi connectivity index (χ4v) is 4.73. The Hall–Kier alpha value is -2.65. The van der Waals surface area contributed by atoms with Gasteiger partial charge in [0.15, 0.2) is 0 Å². The summed E-state index contributed by atoms with van der Waals surface area (Å²) in [7, 11) is 0. The molecule has 2 aromatic rings. The molecule has 0 saturated carbocycles. The zero-order valence-electron chi connectivity index (χ0n) is 17.9. The molecule has 0 unspecified atom stereocenters. The number of hydrogen-bond acceptors (Lipinski definition) is 6. The number of carbonyl (C=O) groups excluding carboxylic acids is 2. The maximum atomic E-state index is 12.2. The van der Waals surface area contributed by atoms with Gasteiger partial charge in [-0.2, -0.15) is 0 Å². The molecule has 31 heavy (non-hydrogen) atoms. The highest BCUT2D eigenvalue weighted by atomic mass is 32.1. The summed E-state index contributed by atoms with van der Waals surface area (Å²) in [5.74, 6) is 1.47. The minimum absolute atomic E-state index is 0.0296. The molecule has 8 nitrogen and oxygen atoms in total. The number of hydrogen-bond donors (Lipinski definition) is 3. The molecular formula is C22H29N5O3S. The van der Waals surface area contributed by atoms with Gasteiger partial charge >= 0.3 is 6.03 Å². The summed E-state index contributed by atoms with van der Waals surface area (Å²) in [6, 6.07) is 5.92. The van der Waals surface area contributed by atoms with Crippen molar-refractivity contribution in [1.82, 2.24) is 20.5 Å². The Labute approximate surface area is 186 Å². The van der Waals surface area contributed by atoms with Gasteiger partial charge in [-0.1, -0.05) is 0 Å². The molecule has 1 aromatic carbocycles. The van der Waals surface area contributed by atoms with Gasteiger partial charge in [0.2, 0.25) is 5.91 Å². The van der Waals surface area contributed by atoms with Crippen LogP contribution in [0.3, 0.4) is 0 Å². The Balaban J connectivity index is 1.34. The number of nitrogens with zero attached hydrogens (tertiary/aromatic N) is 2. The quantitative estimate of drug-likeness (QED) is 0.660. The third-order valence-electron chi connectivity index (χ3n) is 5.68. The molecule has 3 amide bonds. The number of nitrogens with one attached hydrogen (secondary N) is 3. The highest BCUT2D eigenvalue weighted by molar-refractivity contribution is 7.13. The summed E-state index contributed by atoms with van der Waals surface area (Å²) in [4.78, 5) is 30.1. The van der Waals surface area contributed by atoms with Gasteiger partial charge in [0.1, 0.15) is 22.7 Å². The van der Waals surface area contributed by atoms with E-state index in [1.54, 1.807) is 6.92 Å². The lowest BCUT2D eigenvalue weighted by Gasteiger charge is -2.23. The van der Waals surface area contributed by atoms with Gasteiger partial charge in [0.25, 0.3) is 0 Å². The molecule has 1 aromatic heterocycles. The first-order chi connectivity index (χ1) is 15.0. The van der Waals surface area contributed by atoms with Crippen LogP contribution in [0.4, 0.5) is 10.6 Å². The number of likely N-dealkylation sites (tertiary alicyclic amines) is 1. The fourth-order valence-electron chi connectivity index (χ4n) is 3.98. The zero-order valence-corrected chi connectivity index (χ0v) is 18.8. The highest BCUT2D eigenvalue weighted by Gasteiger charge is 2.26. The van der Waals surface area contributed by atoms with Crippen molar-refractivity contribution < 1.29 is 14.3 Å². The number of benzene rings is 1. The van der Waals surface area contributed by atoms with Crippen molar-refractivity contribution in [3.8, 4) is 16.3 Å². The largest absolute Gasteiger partial charge is 0.488 e. The van der Waals surface area contributed by atoms with Gasteiger partial charge in [0, 0.05) is 43.4 Å². The molecule has 3 heterocycles. The number of aryl methyl sites for hydroxylation is 1. The fraction of sp³-hybridized carbons (Fsp3) is 0.500. The Morgan fingerprint density at radius 1 is 1.32 bits per heavy atom. The molecule has 3 N–H and O–H groups in total. The van der Waals surface area contributed by atoms with Crippen molar-refractivity contribution in [3.05, 3.63) is 29.1 Å². The number of aromatic nitrogens is 1. The van der Waals surface area contributed by atoms with E-state index in [2.05, 4.69) is 20.9 Å². The first-order valence-corrected chi connectivity index (χ1v) is 11.6. The van der Waals surface area contributed by atoms with E-state index in [9.17, 15) is 9.59 Å². The number of amides is 3. The lowest BCUT2D eigenvalue weighted by atomic mass is 10.1. The second kappa shape index (κ2) is 9.65. The number of ether oxygens (including phenoxy) is 1. The lowest BCUT2D eigenvalue weighted by Crippen LogP contribution is -2.47. The van der Waals surface area contributed by atoms with Crippen molar-refractivity contribution in [3.63, 3.8) is 0 Å². The van der Waals surface area contributed by atoms with E-state index < -0.39 is 0 Å². The SMILES string of the molecule is CC(=O)N1CC[C@@H](Oc2ccc(-c3nc(NC(=O)N[C@H]4CCCNC4)cs3)cc2C)C1. The normalized spacial score (nSPS) is 21.0. The van der Waals surface area contributed by atoms with E-state index in [0.717, 1.165) is 60.8 Å². The van der Waals surface area contributed by atoms with Crippen LogP contribution in [0, 0.1) is 6.92 Å². The van der Waals surface area contributed by atoms with Crippen molar-refractivity contribution in [2.24, 2.45) is 0 Å². The monoisotopic (exact) mass is 443 g/mol. The second-order valence-corrected chi connectivity index (χ2v) is 9.01. The molecule has 0 spiro atoms. The van der Waals surface area contributed by atoms with Crippen LogP contribution in [0.5, 0.6) is 5.75 Å². The van der Waals surface area contributed by atoms with E-state index in [-0.39, 0.29) is 24.1 Å². The van der Waals surface area contributed by atoms with Crippen LogP contribution in [0.25, 0.3) is 10.6 Å². The molecule has 2 saturated heterocycles. The van der Waals surface area contributed by atoms with E-state index >= 15 is 0 Å². The summed E-state index contributed by atoms with van der Waals surface area (Å²) in [6.07, 6.45) is 2.94. The standard InChI is InChI=1S/C22H29N5O3S/c1-14-10-16(5-6-19(14)30-18-7-9-27(12-18)15(2)28)21-25-20(13-31-21)26-22(29)24-17-4-3-8-23-11-17/h5-6,10,13,17-18,23H,3-4,7-9,11-12H2,1-2H3,(H2,24,26,29)/t17-,18+/m0/s1. The smallest absolute Gasteiger partial charge is 0.320 e. The summed E-state index contributed by atoms with van der Waals surface area (Å²) >= 11 is 1.49. The second-order valence-electron chi connectivity index (χ2n) is 8.15. The van der Waals surface area contributed by atoms with Crippen LogP contribution in [0.2, 0.25) is 0 Å². The van der Waals surface area contributed by atoms with Crippen molar-refractivity contribution in [2.75, 3.05) is 31.5 Å². The van der Waals surface area contributed by atoms with Gasteiger partial charge in [-0.15, -0.1) is 11.3 Å². The molecule has 2 aliphatic heterocycles. The molecule has 0 radical (unpaired) electrons. The maximum absolute atomic E-state index is 12.2. The maximum Gasteiger partial charge on any atom is 0.320 e. The number of carbonyl (C=O) groups is 2. The first-order valence-electron chi connectivity index (χ1n) is 10.7. The average molecular weight is 444 g/mol. The summed E-state index contributed by atoms with van der Waals surface area (Å²) < 4.78 is 6.13. The minimum atomic E-state index is -0.221. The van der Waals surface area contributed by atoms with E-state index in [1.165, 1.54) is 11.3 Å². The molecule has 0 aliphatic carbocycles.